The summed E-state index contributed by atoms with van der Waals surface area (Å²) in [6, 6.07) is 3.75. The number of aliphatic hydroxyl groups is 1. The van der Waals surface area contributed by atoms with Gasteiger partial charge < -0.3 is 29.6 Å². The quantitative estimate of drug-likeness (QED) is 0.469. The minimum atomic E-state index is -1.15. The molecule has 0 aliphatic heterocycles. The van der Waals surface area contributed by atoms with Crippen LogP contribution in [0.2, 0.25) is 5.02 Å². The van der Waals surface area contributed by atoms with Gasteiger partial charge >= 0.3 is 6.09 Å². The SMILES string of the molecule is Cc1onc2c1c(=O)n(C1CCCC(NC(=O)C(CO)NC(=O)OC(C)(C)C)C1)c1cccc(Cl)c21. The summed E-state index contributed by atoms with van der Waals surface area (Å²) in [5.41, 5.74) is 0.148. The molecule has 0 bridgehead atoms. The number of amides is 2. The van der Waals surface area contributed by atoms with Crippen molar-refractivity contribution < 1.29 is 24.0 Å². The van der Waals surface area contributed by atoms with Gasteiger partial charge in [-0.25, -0.2) is 4.79 Å². The highest BCUT2D eigenvalue weighted by Crippen LogP contribution is 2.35. The Labute approximate surface area is 212 Å². The third-order valence-corrected chi connectivity index (χ3v) is 6.65. The van der Waals surface area contributed by atoms with Crippen molar-refractivity contribution in [3.63, 3.8) is 0 Å². The molecule has 2 amide bonds. The lowest BCUT2D eigenvalue weighted by molar-refractivity contribution is -0.125. The molecule has 1 saturated carbocycles. The number of hydrogen-bond donors (Lipinski definition) is 3. The summed E-state index contributed by atoms with van der Waals surface area (Å²) in [5, 5.41) is 20.6. The molecule has 1 aromatic carbocycles. The van der Waals surface area contributed by atoms with Crippen molar-refractivity contribution in [2.45, 2.75) is 77.1 Å². The number of alkyl carbamates (subject to hydrolysis) is 1. The zero-order chi connectivity index (χ0) is 26.2. The van der Waals surface area contributed by atoms with E-state index in [-0.39, 0.29) is 17.6 Å². The van der Waals surface area contributed by atoms with Gasteiger partial charge in [0.1, 0.15) is 28.3 Å². The average molecular weight is 519 g/mol. The fraction of sp³-hybridized carbons (Fsp3) is 0.520. The summed E-state index contributed by atoms with van der Waals surface area (Å²) < 4.78 is 12.2. The first-order chi connectivity index (χ1) is 17.0. The number of halogens is 1. The first kappa shape index (κ1) is 26.0. The van der Waals surface area contributed by atoms with E-state index in [0.717, 1.165) is 12.8 Å². The Hall–Kier alpha value is -3.11. The predicted molar refractivity (Wildman–Crippen MR) is 135 cm³/mol. The van der Waals surface area contributed by atoms with E-state index in [1.165, 1.54) is 0 Å². The maximum absolute atomic E-state index is 13.6. The monoisotopic (exact) mass is 518 g/mol. The van der Waals surface area contributed by atoms with E-state index in [4.69, 9.17) is 20.9 Å². The number of aromatic nitrogens is 2. The van der Waals surface area contributed by atoms with Gasteiger partial charge in [-0.2, -0.15) is 0 Å². The van der Waals surface area contributed by atoms with E-state index >= 15 is 0 Å². The van der Waals surface area contributed by atoms with Crippen molar-refractivity contribution in [2.24, 2.45) is 0 Å². The fourth-order valence-corrected chi connectivity index (χ4v) is 5.07. The topological polar surface area (TPSA) is 136 Å². The molecular weight excluding hydrogens is 488 g/mol. The van der Waals surface area contributed by atoms with Crippen LogP contribution in [0.25, 0.3) is 21.8 Å². The molecule has 194 valence electrons. The molecule has 2 aromatic heterocycles. The Bertz CT molecular complexity index is 1360. The number of hydrogen-bond acceptors (Lipinski definition) is 7. The van der Waals surface area contributed by atoms with Gasteiger partial charge in [0.05, 0.1) is 17.1 Å². The molecule has 36 heavy (non-hydrogen) atoms. The Morgan fingerprint density at radius 3 is 2.75 bits per heavy atom. The molecule has 11 heteroatoms. The number of benzene rings is 1. The molecule has 10 nitrogen and oxygen atoms in total. The molecule has 0 saturated heterocycles. The summed E-state index contributed by atoms with van der Waals surface area (Å²) in [7, 11) is 0. The maximum Gasteiger partial charge on any atom is 0.408 e. The van der Waals surface area contributed by atoms with Crippen LogP contribution in [0.3, 0.4) is 0 Å². The molecule has 1 fully saturated rings. The maximum atomic E-state index is 13.6. The minimum absolute atomic E-state index is 0.206. The second-order valence-electron chi connectivity index (χ2n) is 10.2. The lowest BCUT2D eigenvalue weighted by atomic mass is 9.90. The van der Waals surface area contributed by atoms with Crippen LogP contribution in [0, 0.1) is 6.92 Å². The van der Waals surface area contributed by atoms with Crippen LogP contribution in [0.5, 0.6) is 0 Å². The second-order valence-corrected chi connectivity index (χ2v) is 10.6. The van der Waals surface area contributed by atoms with Gasteiger partial charge in [0.15, 0.2) is 0 Å². The standard InChI is InChI=1S/C25H31ClN4O6/c1-13-19-21(29-36-13)20-16(26)9-6-10-18(20)30(23(19)33)15-8-5-7-14(11-15)27-22(32)17(12-31)28-24(34)35-25(2,3)4/h6,9-10,14-15,17,31H,5,7-8,11-12H2,1-4H3,(H,27,32)(H,28,34). The van der Waals surface area contributed by atoms with E-state index < -0.39 is 30.3 Å². The molecule has 1 aliphatic rings. The normalized spacial score (nSPS) is 19.3. The molecule has 3 aromatic rings. The van der Waals surface area contributed by atoms with Crippen molar-refractivity contribution in [1.29, 1.82) is 0 Å². The molecule has 4 rings (SSSR count). The van der Waals surface area contributed by atoms with Crippen molar-refractivity contribution in [3.05, 3.63) is 39.3 Å². The summed E-state index contributed by atoms with van der Waals surface area (Å²) in [6.45, 7) is 6.24. The van der Waals surface area contributed by atoms with Crippen molar-refractivity contribution in [2.75, 3.05) is 6.61 Å². The summed E-state index contributed by atoms with van der Waals surface area (Å²) >= 11 is 6.52. The number of rotatable bonds is 5. The third kappa shape index (κ3) is 5.19. The lowest BCUT2D eigenvalue weighted by Gasteiger charge is -2.32. The van der Waals surface area contributed by atoms with Crippen molar-refractivity contribution in [3.8, 4) is 0 Å². The highest BCUT2D eigenvalue weighted by Gasteiger charge is 2.31. The highest BCUT2D eigenvalue weighted by atomic mass is 35.5. The number of nitrogens with zero attached hydrogens (tertiary/aromatic N) is 2. The molecule has 3 unspecified atom stereocenters. The molecule has 3 atom stereocenters. The Balaban J connectivity index is 1.58. The van der Waals surface area contributed by atoms with Crippen LogP contribution >= 0.6 is 11.6 Å². The van der Waals surface area contributed by atoms with Crippen LogP contribution in [-0.2, 0) is 9.53 Å². The summed E-state index contributed by atoms with van der Waals surface area (Å²) in [4.78, 5) is 38.5. The fourth-order valence-electron chi connectivity index (χ4n) is 4.81. The van der Waals surface area contributed by atoms with Crippen LogP contribution in [-0.4, -0.2) is 51.1 Å². The zero-order valence-electron chi connectivity index (χ0n) is 20.8. The molecule has 1 aliphatic carbocycles. The van der Waals surface area contributed by atoms with E-state index in [0.29, 0.717) is 45.4 Å². The van der Waals surface area contributed by atoms with Gasteiger partial charge in [-0.1, -0.05) is 22.8 Å². The third-order valence-electron chi connectivity index (χ3n) is 6.33. The molecule has 0 spiro atoms. The second kappa shape index (κ2) is 10.1. The largest absolute Gasteiger partial charge is 0.444 e. The van der Waals surface area contributed by atoms with Gasteiger partial charge in [-0.15, -0.1) is 0 Å². The Morgan fingerprint density at radius 1 is 1.31 bits per heavy atom. The van der Waals surface area contributed by atoms with Gasteiger partial charge in [0.25, 0.3) is 5.56 Å². The number of ether oxygens (including phenoxy) is 1. The number of aliphatic hydroxyl groups excluding tert-OH is 1. The van der Waals surface area contributed by atoms with E-state index in [1.807, 2.05) is 6.07 Å². The van der Waals surface area contributed by atoms with Crippen LogP contribution in [0.4, 0.5) is 4.79 Å². The van der Waals surface area contributed by atoms with E-state index in [1.54, 1.807) is 44.4 Å². The van der Waals surface area contributed by atoms with Gasteiger partial charge in [0, 0.05) is 17.5 Å². The van der Waals surface area contributed by atoms with Gasteiger partial charge in [0.2, 0.25) is 5.91 Å². The van der Waals surface area contributed by atoms with Crippen LogP contribution in [0.15, 0.2) is 27.5 Å². The molecule has 2 heterocycles. The first-order valence-corrected chi connectivity index (χ1v) is 12.4. The number of nitrogens with one attached hydrogen (secondary N) is 2. The molecule has 0 radical (unpaired) electrons. The van der Waals surface area contributed by atoms with E-state index in [9.17, 15) is 19.5 Å². The lowest BCUT2D eigenvalue weighted by Crippen LogP contribution is -2.53. The van der Waals surface area contributed by atoms with Gasteiger partial charge in [-0.05, 0) is 65.5 Å². The van der Waals surface area contributed by atoms with Gasteiger partial charge in [-0.3, -0.25) is 9.59 Å². The molecule has 3 N–H and O–H groups in total. The highest BCUT2D eigenvalue weighted by molar-refractivity contribution is 6.37. The summed E-state index contributed by atoms with van der Waals surface area (Å²) in [6.07, 6.45) is 1.92. The zero-order valence-corrected chi connectivity index (χ0v) is 21.5. The Kier molecular flexibility index (Phi) is 7.28. The number of fused-ring (bicyclic) bond motifs is 3. The van der Waals surface area contributed by atoms with Crippen molar-refractivity contribution >= 4 is 45.4 Å². The first-order valence-electron chi connectivity index (χ1n) is 12.0. The van der Waals surface area contributed by atoms with Crippen molar-refractivity contribution in [1.82, 2.24) is 20.4 Å². The van der Waals surface area contributed by atoms with Crippen LogP contribution < -0.4 is 16.2 Å². The minimum Gasteiger partial charge on any atom is -0.444 e. The van der Waals surface area contributed by atoms with Crippen LogP contribution in [0.1, 0.15) is 58.3 Å². The smallest absolute Gasteiger partial charge is 0.408 e. The number of aryl methyl sites for hydroxylation is 1. The Morgan fingerprint density at radius 2 is 2.06 bits per heavy atom. The number of carbonyl (C=O) groups excluding carboxylic acids is 2. The number of carbonyl (C=O) groups is 2. The average Bonchev–Trinajstić information content (AvgIpc) is 3.18. The summed E-state index contributed by atoms with van der Waals surface area (Å²) in [5.74, 6) is -0.0928. The number of pyridine rings is 1. The van der Waals surface area contributed by atoms with E-state index in [2.05, 4.69) is 15.8 Å². The molecular formula is C25H31ClN4O6. The predicted octanol–water partition coefficient (Wildman–Crippen LogP) is 3.59.